The van der Waals surface area contributed by atoms with Crippen molar-refractivity contribution < 1.29 is 0 Å². The fourth-order valence-corrected chi connectivity index (χ4v) is 2.03. The first-order valence-electron chi connectivity index (χ1n) is 5.81. The number of hydrogen-bond acceptors (Lipinski definition) is 4. The van der Waals surface area contributed by atoms with E-state index in [0.29, 0.717) is 22.4 Å². The third-order valence-corrected chi connectivity index (χ3v) is 3.00. The molecule has 0 radical (unpaired) electrons. The van der Waals surface area contributed by atoms with E-state index in [0.717, 1.165) is 5.56 Å². The average Bonchev–Trinajstić information content (AvgIpc) is 2.47. The van der Waals surface area contributed by atoms with Gasteiger partial charge in [0.05, 0.1) is 0 Å². The van der Waals surface area contributed by atoms with Crippen LogP contribution in [0.3, 0.4) is 0 Å². The molecule has 0 aliphatic heterocycles. The number of benzene rings is 1. The van der Waals surface area contributed by atoms with Gasteiger partial charge < -0.3 is 0 Å². The Balaban J connectivity index is 2.12. The first-order chi connectivity index (χ1) is 9.72. The zero-order valence-electron chi connectivity index (χ0n) is 10.2. The summed E-state index contributed by atoms with van der Waals surface area (Å²) in [5.41, 5.74) is 1.42. The zero-order valence-corrected chi connectivity index (χ0v) is 11.7. The Bertz CT molecular complexity index is 747. The summed E-state index contributed by atoms with van der Waals surface area (Å²) in [4.78, 5) is 16.8. The van der Waals surface area contributed by atoms with Crippen molar-refractivity contribution in [1.82, 2.24) is 19.9 Å². The number of hydrogen-bond donors (Lipinski definition) is 0. The van der Waals surface area contributed by atoms with Crippen molar-refractivity contribution in [3.63, 3.8) is 0 Å². The highest BCUT2D eigenvalue weighted by atomic mass is 35.5. The molecular formula is C14H8Cl2N4. The number of rotatable bonds is 2. The lowest BCUT2D eigenvalue weighted by atomic mass is 10.2. The molecule has 0 aliphatic rings. The van der Waals surface area contributed by atoms with Crippen LogP contribution in [0, 0.1) is 0 Å². The second kappa shape index (κ2) is 5.53. The van der Waals surface area contributed by atoms with Crippen LogP contribution in [0.2, 0.25) is 10.3 Å². The lowest BCUT2D eigenvalue weighted by Gasteiger charge is -2.04. The number of pyridine rings is 1. The largest absolute Gasteiger partial charge is 0.253 e. The zero-order chi connectivity index (χ0) is 13.9. The van der Waals surface area contributed by atoms with Gasteiger partial charge in [0.25, 0.3) is 0 Å². The van der Waals surface area contributed by atoms with E-state index in [1.807, 2.05) is 30.3 Å². The Morgan fingerprint density at radius 3 is 2.30 bits per heavy atom. The van der Waals surface area contributed by atoms with Crippen LogP contribution in [0.15, 0.2) is 48.7 Å². The third kappa shape index (κ3) is 2.76. The van der Waals surface area contributed by atoms with Crippen molar-refractivity contribution in [2.45, 2.75) is 0 Å². The first-order valence-corrected chi connectivity index (χ1v) is 6.57. The van der Waals surface area contributed by atoms with E-state index in [2.05, 4.69) is 19.9 Å². The van der Waals surface area contributed by atoms with Gasteiger partial charge in [-0.05, 0) is 23.7 Å². The molecule has 0 amide bonds. The SMILES string of the molecule is Clc1ccnc(-c2nc(Cl)nc(-c3ccccc3)n2)c1. The monoisotopic (exact) mass is 302 g/mol. The van der Waals surface area contributed by atoms with E-state index < -0.39 is 0 Å². The van der Waals surface area contributed by atoms with Gasteiger partial charge in [0.2, 0.25) is 5.28 Å². The summed E-state index contributed by atoms with van der Waals surface area (Å²) in [6.45, 7) is 0. The maximum Gasteiger partial charge on any atom is 0.226 e. The Morgan fingerprint density at radius 1 is 0.800 bits per heavy atom. The molecule has 20 heavy (non-hydrogen) atoms. The van der Waals surface area contributed by atoms with Crippen LogP contribution in [-0.2, 0) is 0 Å². The van der Waals surface area contributed by atoms with Gasteiger partial charge in [0.15, 0.2) is 11.6 Å². The fourth-order valence-electron chi connectivity index (χ4n) is 1.71. The molecular weight excluding hydrogens is 295 g/mol. The molecule has 0 saturated heterocycles. The fraction of sp³-hybridized carbons (Fsp3) is 0. The number of nitrogens with zero attached hydrogens (tertiary/aromatic N) is 4. The van der Waals surface area contributed by atoms with Crippen LogP contribution in [0.4, 0.5) is 0 Å². The van der Waals surface area contributed by atoms with E-state index in [9.17, 15) is 0 Å². The average molecular weight is 303 g/mol. The summed E-state index contributed by atoms with van der Waals surface area (Å²) in [6.07, 6.45) is 1.59. The van der Waals surface area contributed by atoms with E-state index in [1.165, 1.54) is 0 Å². The van der Waals surface area contributed by atoms with Crippen molar-refractivity contribution in [3.05, 3.63) is 59.0 Å². The van der Waals surface area contributed by atoms with E-state index in [-0.39, 0.29) is 5.28 Å². The second-order valence-corrected chi connectivity index (χ2v) is 4.75. The Kier molecular flexibility index (Phi) is 3.58. The highest BCUT2D eigenvalue weighted by molar-refractivity contribution is 6.30. The van der Waals surface area contributed by atoms with Gasteiger partial charge in [-0.2, -0.15) is 9.97 Å². The van der Waals surface area contributed by atoms with Crippen LogP contribution in [0.25, 0.3) is 22.9 Å². The van der Waals surface area contributed by atoms with Crippen molar-refractivity contribution in [1.29, 1.82) is 0 Å². The molecule has 0 fully saturated rings. The van der Waals surface area contributed by atoms with Gasteiger partial charge in [0, 0.05) is 16.8 Å². The molecule has 3 aromatic rings. The molecule has 98 valence electrons. The summed E-state index contributed by atoms with van der Waals surface area (Å²) in [6, 6.07) is 12.9. The summed E-state index contributed by atoms with van der Waals surface area (Å²) in [7, 11) is 0. The highest BCUT2D eigenvalue weighted by Crippen LogP contribution is 2.21. The normalized spacial score (nSPS) is 10.5. The second-order valence-electron chi connectivity index (χ2n) is 3.98. The molecule has 6 heteroatoms. The molecule has 0 unspecified atom stereocenters. The Morgan fingerprint density at radius 2 is 1.55 bits per heavy atom. The maximum absolute atomic E-state index is 5.97. The minimum Gasteiger partial charge on any atom is -0.253 e. The van der Waals surface area contributed by atoms with Gasteiger partial charge in [-0.15, -0.1) is 0 Å². The van der Waals surface area contributed by atoms with Crippen LogP contribution < -0.4 is 0 Å². The smallest absolute Gasteiger partial charge is 0.226 e. The van der Waals surface area contributed by atoms with Crippen LogP contribution >= 0.6 is 23.2 Å². The van der Waals surface area contributed by atoms with Crippen molar-refractivity contribution >= 4 is 23.2 Å². The van der Waals surface area contributed by atoms with E-state index >= 15 is 0 Å². The molecule has 0 aliphatic carbocycles. The standard InChI is InChI=1S/C14H8Cl2N4/c15-10-6-7-17-11(8-10)13-18-12(19-14(16)20-13)9-4-2-1-3-5-9/h1-8H. The van der Waals surface area contributed by atoms with E-state index in [4.69, 9.17) is 23.2 Å². The molecule has 0 N–H and O–H groups in total. The molecule has 0 bridgehead atoms. The van der Waals surface area contributed by atoms with Gasteiger partial charge >= 0.3 is 0 Å². The predicted molar refractivity (Wildman–Crippen MR) is 78.5 cm³/mol. The summed E-state index contributed by atoms with van der Waals surface area (Å²) in [5.74, 6) is 0.897. The van der Waals surface area contributed by atoms with Crippen LogP contribution in [0.5, 0.6) is 0 Å². The molecule has 2 aromatic heterocycles. The minimum absolute atomic E-state index is 0.121. The lowest BCUT2D eigenvalue weighted by Crippen LogP contribution is -1.98. The minimum atomic E-state index is 0.121. The topological polar surface area (TPSA) is 51.6 Å². The van der Waals surface area contributed by atoms with Crippen molar-refractivity contribution in [3.8, 4) is 22.9 Å². The van der Waals surface area contributed by atoms with E-state index in [1.54, 1.807) is 18.3 Å². The van der Waals surface area contributed by atoms with Crippen LogP contribution in [0.1, 0.15) is 0 Å². The van der Waals surface area contributed by atoms with Gasteiger partial charge in [-0.1, -0.05) is 41.9 Å². The summed E-state index contributed by atoms with van der Waals surface area (Å²) >= 11 is 11.9. The molecule has 2 heterocycles. The molecule has 4 nitrogen and oxygen atoms in total. The number of aromatic nitrogens is 4. The van der Waals surface area contributed by atoms with Gasteiger partial charge in [-0.3, -0.25) is 4.98 Å². The van der Waals surface area contributed by atoms with Gasteiger partial charge in [0.1, 0.15) is 5.69 Å². The highest BCUT2D eigenvalue weighted by Gasteiger charge is 2.10. The first kappa shape index (κ1) is 13.0. The Hall–Kier alpha value is -2.04. The number of halogens is 2. The quantitative estimate of drug-likeness (QED) is 0.720. The maximum atomic E-state index is 5.97. The summed E-state index contributed by atoms with van der Waals surface area (Å²) < 4.78 is 0. The third-order valence-electron chi connectivity index (χ3n) is 2.59. The Labute approximate surface area is 125 Å². The van der Waals surface area contributed by atoms with Crippen molar-refractivity contribution in [2.24, 2.45) is 0 Å². The van der Waals surface area contributed by atoms with Crippen LogP contribution in [-0.4, -0.2) is 19.9 Å². The molecule has 0 saturated carbocycles. The lowest BCUT2D eigenvalue weighted by molar-refractivity contribution is 1.05. The molecule has 1 aromatic carbocycles. The molecule has 3 rings (SSSR count). The molecule has 0 atom stereocenters. The van der Waals surface area contributed by atoms with Gasteiger partial charge in [-0.25, -0.2) is 4.98 Å². The predicted octanol–water partition coefficient (Wildman–Crippen LogP) is 3.91. The molecule has 0 spiro atoms. The van der Waals surface area contributed by atoms with Crippen molar-refractivity contribution in [2.75, 3.05) is 0 Å². The summed E-state index contributed by atoms with van der Waals surface area (Å²) in [5, 5.41) is 0.684.